The van der Waals surface area contributed by atoms with Gasteiger partial charge in [0.15, 0.2) is 0 Å². The normalized spacial score (nSPS) is 9.69. The second kappa shape index (κ2) is 11.4. The molecule has 0 atom stereocenters. The molecule has 0 bridgehead atoms. The van der Waals surface area contributed by atoms with Crippen molar-refractivity contribution in [1.82, 2.24) is 5.32 Å². The highest BCUT2D eigenvalue weighted by Crippen LogP contribution is 2.32. The summed E-state index contributed by atoms with van der Waals surface area (Å²) in [6, 6.07) is 11.0. The Morgan fingerprint density at radius 2 is 1.88 bits per heavy atom. The monoisotopic (exact) mass is 397 g/mol. The number of benzene rings is 2. The summed E-state index contributed by atoms with van der Waals surface area (Å²) in [4.78, 5) is 19.8. The minimum absolute atomic E-state index is 0.477. The van der Waals surface area contributed by atoms with Crippen molar-refractivity contribution in [2.75, 3.05) is 7.05 Å². The van der Waals surface area contributed by atoms with E-state index < -0.39 is 6.09 Å². The van der Waals surface area contributed by atoms with Crippen LogP contribution in [0.3, 0.4) is 0 Å². The number of aryl methyl sites for hydroxylation is 2. The fraction of sp³-hybridized carbons (Fsp3) is 0.263. The molecule has 7 heteroatoms. The van der Waals surface area contributed by atoms with E-state index in [2.05, 4.69) is 6.92 Å². The summed E-state index contributed by atoms with van der Waals surface area (Å²) in [6.07, 6.45) is 2.13. The van der Waals surface area contributed by atoms with Crippen molar-refractivity contribution in [3.8, 4) is 11.5 Å². The van der Waals surface area contributed by atoms with Gasteiger partial charge in [-0.05, 0) is 54.3 Å². The molecule has 0 spiro atoms. The summed E-state index contributed by atoms with van der Waals surface area (Å²) in [6.45, 7) is 2.08. The lowest BCUT2D eigenvalue weighted by Crippen LogP contribution is -2.13. The molecular formula is C19H21Cl2NO4. The van der Waals surface area contributed by atoms with Gasteiger partial charge in [-0.15, -0.1) is 0 Å². The molecule has 2 rings (SSSR count). The molecule has 0 aromatic heterocycles. The summed E-state index contributed by atoms with van der Waals surface area (Å²) in [7, 11) is 1.35. The first-order chi connectivity index (χ1) is 12.4. The fourth-order valence-corrected chi connectivity index (χ4v) is 2.59. The Bertz CT molecular complexity index is 750. The van der Waals surface area contributed by atoms with Gasteiger partial charge in [-0.1, -0.05) is 36.2 Å². The standard InChI is InChI=1S/C17H16Cl2O2.C2H5NO2/c1-2-12-10-15(7-5-13(12)4-3-9-20)21-17-8-6-14(18)11-16(17)19;1-3-2(4)5/h5-11H,2-4H2,1H3;3H,1H3,(H,4,5). The van der Waals surface area contributed by atoms with Gasteiger partial charge in [-0.25, -0.2) is 4.79 Å². The molecule has 0 aliphatic heterocycles. The first-order valence-corrected chi connectivity index (χ1v) is 8.75. The highest BCUT2D eigenvalue weighted by Gasteiger charge is 2.07. The predicted molar refractivity (Wildman–Crippen MR) is 104 cm³/mol. The number of hydrogen-bond acceptors (Lipinski definition) is 3. The van der Waals surface area contributed by atoms with Crippen molar-refractivity contribution in [2.45, 2.75) is 26.2 Å². The van der Waals surface area contributed by atoms with Gasteiger partial charge < -0.3 is 20.0 Å². The molecule has 0 aliphatic carbocycles. The number of ether oxygens (including phenoxy) is 1. The van der Waals surface area contributed by atoms with Crippen LogP contribution in [-0.4, -0.2) is 24.5 Å². The van der Waals surface area contributed by atoms with E-state index in [0.717, 1.165) is 24.9 Å². The van der Waals surface area contributed by atoms with Gasteiger partial charge in [-0.2, -0.15) is 0 Å². The maximum Gasteiger partial charge on any atom is 0.404 e. The van der Waals surface area contributed by atoms with E-state index in [-0.39, 0.29) is 0 Å². The molecule has 5 nitrogen and oxygen atoms in total. The lowest BCUT2D eigenvalue weighted by Gasteiger charge is -2.12. The summed E-state index contributed by atoms with van der Waals surface area (Å²) in [5.41, 5.74) is 2.36. The SMILES string of the molecule is CCc1cc(Oc2ccc(Cl)cc2Cl)ccc1CCC=O.CNC(=O)O. The Balaban J connectivity index is 0.000000597. The van der Waals surface area contributed by atoms with Gasteiger partial charge in [0.25, 0.3) is 0 Å². The highest BCUT2D eigenvalue weighted by molar-refractivity contribution is 6.35. The van der Waals surface area contributed by atoms with E-state index in [1.165, 1.54) is 18.2 Å². The summed E-state index contributed by atoms with van der Waals surface area (Å²) < 4.78 is 5.81. The van der Waals surface area contributed by atoms with Gasteiger partial charge in [0.05, 0.1) is 5.02 Å². The summed E-state index contributed by atoms with van der Waals surface area (Å²) >= 11 is 12.0. The molecule has 140 valence electrons. The first-order valence-electron chi connectivity index (χ1n) is 8.00. The lowest BCUT2D eigenvalue weighted by atomic mass is 10.0. The number of carbonyl (C=O) groups excluding carboxylic acids is 1. The molecule has 0 saturated carbocycles. The Labute approximate surface area is 162 Å². The van der Waals surface area contributed by atoms with Gasteiger partial charge >= 0.3 is 6.09 Å². The molecule has 2 aromatic rings. The number of carbonyl (C=O) groups is 2. The quantitative estimate of drug-likeness (QED) is 0.642. The van der Waals surface area contributed by atoms with Crippen molar-refractivity contribution >= 4 is 35.6 Å². The highest BCUT2D eigenvalue weighted by atomic mass is 35.5. The number of carboxylic acid groups (broad SMARTS) is 1. The van der Waals surface area contributed by atoms with E-state index in [1.807, 2.05) is 23.5 Å². The lowest BCUT2D eigenvalue weighted by molar-refractivity contribution is -0.107. The van der Waals surface area contributed by atoms with Crippen molar-refractivity contribution in [1.29, 1.82) is 0 Å². The third kappa shape index (κ3) is 7.33. The number of aldehydes is 1. The van der Waals surface area contributed by atoms with Crippen LogP contribution in [0.5, 0.6) is 11.5 Å². The maximum atomic E-state index is 10.5. The predicted octanol–water partition coefficient (Wildman–Crippen LogP) is 5.36. The Morgan fingerprint density at radius 1 is 1.19 bits per heavy atom. The zero-order valence-corrected chi connectivity index (χ0v) is 16.1. The third-order valence-corrected chi connectivity index (χ3v) is 3.96. The zero-order chi connectivity index (χ0) is 19.5. The summed E-state index contributed by atoms with van der Waals surface area (Å²) in [5.74, 6) is 1.30. The smallest absolute Gasteiger partial charge is 0.404 e. The van der Waals surface area contributed by atoms with Gasteiger partial charge in [0.1, 0.15) is 17.8 Å². The van der Waals surface area contributed by atoms with Crippen molar-refractivity contribution in [3.05, 3.63) is 57.6 Å². The van der Waals surface area contributed by atoms with Gasteiger partial charge in [0, 0.05) is 18.5 Å². The van der Waals surface area contributed by atoms with Crippen LogP contribution in [0.15, 0.2) is 36.4 Å². The van der Waals surface area contributed by atoms with Crippen LogP contribution in [0.1, 0.15) is 24.5 Å². The molecule has 0 saturated heterocycles. The van der Waals surface area contributed by atoms with Crippen LogP contribution in [0, 0.1) is 0 Å². The van der Waals surface area contributed by atoms with Crippen LogP contribution in [0.2, 0.25) is 10.0 Å². The van der Waals surface area contributed by atoms with Crippen LogP contribution in [-0.2, 0) is 17.6 Å². The largest absolute Gasteiger partial charge is 0.465 e. The molecule has 0 aliphatic rings. The molecule has 26 heavy (non-hydrogen) atoms. The average Bonchev–Trinajstić information content (AvgIpc) is 2.63. The van der Waals surface area contributed by atoms with E-state index in [4.69, 9.17) is 33.0 Å². The van der Waals surface area contributed by atoms with Crippen LogP contribution >= 0.6 is 23.2 Å². The third-order valence-electron chi connectivity index (χ3n) is 3.43. The van der Waals surface area contributed by atoms with Gasteiger partial charge in [0.2, 0.25) is 0 Å². The van der Waals surface area contributed by atoms with Crippen molar-refractivity contribution in [3.63, 3.8) is 0 Å². The first kappa shape index (κ1) is 21.8. The van der Waals surface area contributed by atoms with E-state index in [1.54, 1.807) is 18.2 Å². The second-order valence-corrected chi connectivity index (χ2v) is 6.07. The second-order valence-electron chi connectivity index (χ2n) is 5.22. The molecule has 0 heterocycles. The van der Waals surface area contributed by atoms with Crippen molar-refractivity contribution < 1.29 is 19.4 Å². The van der Waals surface area contributed by atoms with E-state index in [9.17, 15) is 9.59 Å². The fourth-order valence-electron chi connectivity index (χ4n) is 2.14. The number of amides is 1. The van der Waals surface area contributed by atoms with Crippen LogP contribution < -0.4 is 10.1 Å². The molecular weight excluding hydrogens is 377 g/mol. The Morgan fingerprint density at radius 3 is 2.42 bits per heavy atom. The number of halogens is 2. The number of hydrogen-bond donors (Lipinski definition) is 2. The van der Waals surface area contributed by atoms with E-state index in [0.29, 0.717) is 22.2 Å². The molecule has 2 N–H and O–H groups in total. The molecule has 1 amide bonds. The minimum atomic E-state index is -0.995. The molecule has 0 unspecified atom stereocenters. The molecule has 0 fully saturated rings. The van der Waals surface area contributed by atoms with E-state index >= 15 is 0 Å². The molecule has 0 radical (unpaired) electrons. The average molecular weight is 398 g/mol. The van der Waals surface area contributed by atoms with Crippen LogP contribution in [0.4, 0.5) is 4.79 Å². The topological polar surface area (TPSA) is 75.6 Å². The van der Waals surface area contributed by atoms with Gasteiger partial charge in [-0.3, -0.25) is 0 Å². The maximum absolute atomic E-state index is 10.5. The summed E-state index contributed by atoms with van der Waals surface area (Å²) in [5, 5.41) is 10.6. The Hall–Kier alpha value is -2.24. The zero-order valence-electron chi connectivity index (χ0n) is 14.6. The van der Waals surface area contributed by atoms with Crippen molar-refractivity contribution in [2.24, 2.45) is 0 Å². The number of rotatable bonds is 6. The number of nitrogens with one attached hydrogen (secondary N) is 1. The minimum Gasteiger partial charge on any atom is -0.465 e. The van der Waals surface area contributed by atoms with Crippen LogP contribution in [0.25, 0.3) is 0 Å². The Kier molecular flexibility index (Phi) is 9.55. The molecule has 2 aromatic carbocycles.